The second-order valence-corrected chi connectivity index (χ2v) is 7.52. The summed E-state index contributed by atoms with van der Waals surface area (Å²) >= 11 is 1.61. The summed E-state index contributed by atoms with van der Waals surface area (Å²) in [6.45, 7) is 2.39. The second-order valence-electron chi connectivity index (χ2n) is 4.55. The first-order valence-electron chi connectivity index (χ1n) is 6.12. The Labute approximate surface area is 123 Å². The molecular weight excluding hydrogens is 294 g/mol. The lowest BCUT2D eigenvalue weighted by molar-refractivity contribution is 0.217. The lowest BCUT2D eigenvalue weighted by atomic mass is 10.2. The molecular formula is C14H17NO3S2. The van der Waals surface area contributed by atoms with Gasteiger partial charge in [0.05, 0.1) is 4.90 Å². The van der Waals surface area contributed by atoms with Gasteiger partial charge in [0.15, 0.2) is 9.84 Å². The molecule has 0 amide bonds. The summed E-state index contributed by atoms with van der Waals surface area (Å²) < 4.78 is 28.6. The molecule has 0 radical (unpaired) electrons. The van der Waals surface area contributed by atoms with Crippen molar-refractivity contribution in [2.75, 3.05) is 12.8 Å². The minimum Gasteiger partial charge on any atom is -0.484 e. The van der Waals surface area contributed by atoms with Crippen molar-refractivity contribution in [2.24, 2.45) is 5.73 Å². The normalized spacial score (nSPS) is 13.2. The number of rotatable bonds is 5. The van der Waals surface area contributed by atoms with Gasteiger partial charge in [-0.25, -0.2) is 8.42 Å². The van der Waals surface area contributed by atoms with Crippen LogP contribution in [0, 0.1) is 6.92 Å². The number of thiophene rings is 1. The monoisotopic (exact) mass is 311 g/mol. The van der Waals surface area contributed by atoms with Crippen LogP contribution < -0.4 is 10.5 Å². The molecule has 2 aromatic rings. The van der Waals surface area contributed by atoms with E-state index in [4.69, 9.17) is 10.5 Å². The smallest absolute Gasteiger partial charge is 0.175 e. The largest absolute Gasteiger partial charge is 0.484 e. The number of hydrogen-bond acceptors (Lipinski definition) is 5. The molecule has 2 N–H and O–H groups in total. The molecule has 0 saturated carbocycles. The molecule has 0 aliphatic rings. The highest BCUT2D eigenvalue weighted by Gasteiger charge is 2.16. The Bertz CT molecular complexity index is 675. The average molecular weight is 311 g/mol. The van der Waals surface area contributed by atoms with Crippen LogP contribution in [-0.4, -0.2) is 21.2 Å². The zero-order chi connectivity index (χ0) is 14.8. The molecule has 4 nitrogen and oxygen atoms in total. The quantitative estimate of drug-likeness (QED) is 0.921. The Morgan fingerprint density at radius 1 is 1.25 bits per heavy atom. The molecule has 20 heavy (non-hydrogen) atoms. The lowest BCUT2D eigenvalue weighted by Gasteiger charge is -2.17. The van der Waals surface area contributed by atoms with Crippen LogP contribution in [0.2, 0.25) is 0 Å². The van der Waals surface area contributed by atoms with Gasteiger partial charge in [-0.2, -0.15) is 0 Å². The van der Waals surface area contributed by atoms with Crippen molar-refractivity contribution in [1.29, 1.82) is 0 Å². The van der Waals surface area contributed by atoms with Crippen LogP contribution in [0.4, 0.5) is 0 Å². The number of benzene rings is 1. The van der Waals surface area contributed by atoms with Crippen LogP contribution in [0.3, 0.4) is 0 Å². The number of nitrogens with two attached hydrogens (primary N) is 1. The highest BCUT2D eigenvalue weighted by atomic mass is 32.2. The maximum Gasteiger partial charge on any atom is 0.175 e. The number of hydrogen-bond donors (Lipinski definition) is 1. The van der Waals surface area contributed by atoms with Crippen molar-refractivity contribution in [2.45, 2.75) is 17.9 Å². The predicted octanol–water partition coefficient (Wildman–Crippen LogP) is 2.54. The van der Waals surface area contributed by atoms with Crippen LogP contribution in [0.1, 0.15) is 16.5 Å². The van der Waals surface area contributed by atoms with E-state index in [0.717, 1.165) is 10.4 Å². The van der Waals surface area contributed by atoms with E-state index < -0.39 is 9.84 Å². The van der Waals surface area contributed by atoms with Gasteiger partial charge in [0.25, 0.3) is 0 Å². The van der Waals surface area contributed by atoms with Crippen LogP contribution in [0.25, 0.3) is 0 Å². The van der Waals surface area contributed by atoms with Crippen molar-refractivity contribution in [3.05, 3.63) is 46.2 Å². The van der Waals surface area contributed by atoms with Crippen molar-refractivity contribution in [3.8, 4) is 5.75 Å². The molecule has 1 aromatic heterocycles. The first-order valence-corrected chi connectivity index (χ1v) is 8.89. The fraction of sp³-hybridized carbons (Fsp3) is 0.286. The number of sulfone groups is 1. The van der Waals surface area contributed by atoms with Crippen LogP contribution in [-0.2, 0) is 9.84 Å². The van der Waals surface area contributed by atoms with Crippen molar-refractivity contribution in [1.82, 2.24) is 0 Å². The van der Waals surface area contributed by atoms with Crippen LogP contribution >= 0.6 is 11.3 Å². The Morgan fingerprint density at radius 2 is 1.90 bits per heavy atom. The first kappa shape index (κ1) is 15.0. The maximum atomic E-state index is 11.4. The molecule has 1 atom stereocenters. The summed E-state index contributed by atoms with van der Waals surface area (Å²) in [6, 6.07) is 8.42. The lowest BCUT2D eigenvalue weighted by Crippen LogP contribution is -2.18. The zero-order valence-corrected chi connectivity index (χ0v) is 13.0. The van der Waals surface area contributed by atoms with E-state index in [9.17, 15) is 8.42 Å². The number of ether oxygens (including phenoxy) is 1. The van der Waals surface area contributed by atoms with E-state index in [1.54, 1.807) is 35.6 Å². The molecule has 1 unspecified atom stereocenters. The molecule has 6 heteroatoms. The summed E-state index contributed by atoms with van der Waals surface area (Å²) in [5.74, 6) is 0.612. The molecule has 0 bridgehead atoms. The Balaban J connectivity index is 2.19. The third kappa shape index (κ3) is 3.39. The highest BCUT2D eigenvalue weighted by molar-refractivity contribution is 7.90. The molecule has 2 rings (SSSR count). The van der Waals surface area contributed by atoms with Gasteiger partial charge in [0.2, 0.25) is 0 Å². The maximum absolute atomic E-state index is 11.4. The molecule has 0 aliphatic carbocycles. The summed E-state index contributed by atoms with van der Waals surface area (Å²) in [5, 5.41) is 2.00. The molecule has 0 spiro atoms. The fourth-order valence-corrected chi connectivity index (χ4v) is 3.45. The highest BCUT2D eigenvalue weighted by Crippen LogP contribution is 2.28. The summed E-state index contributed by atoms with van der Waals surface area (Å²) in [7, 11) is -3.18. The fourth-order valence-electron chi connectivity index (χ4n) is 1.85. The van der Waals surface area contributed by atoms with Gasteiger partial charge in [0.1, 0.15) is 11.9 Å². The molecule has 0 fully saturated rings. The van der Waals surface area contributed by atoms with Crippen molar-refractivity contribution < 1.29 is 13.2 Å². The minimum atomic E-state index is -3.18. The third-order valence-corrected chi connectivity index (χ3v) is 5.18. The standard InChI is InChI=1S/C14H17NO3S2/c1-10-7-8-19-14(10)13(9-15)18-11-3-5-12(6-4-11)20(2,16)17/h3-8,13H,9,15H2,1-2H3. The van der Waals surface area contributed by atoms with Crippen molar-refractivity contribution >= 4 is 21.2 Å². The van der Waals surface area contributed by atoms with Gasteiger partial charge < -0.3 is 10.5 Å². The Hall–Kier alpha value is -1.37. The summed E-state index contributed by atoms with van der Waals surface area (Å²) in [5.41, 5.74) is 6.92. The Morgan fingerprint density at radius 3 is 2.35 bits per heavy atom. The molecule has 108 valence electrons. The van der Waals surface area contributed by atoms with Gasteiger partial charge in [-0.3, -0.25) is 0 Å². The van der Waals surface area contributed by atoms with E-state index >= 15 is 0 Å². The summed E-state index contributed by atoms with van der Waals surface area (Å²) in [6.07, 6.45) is 0.972. The summed E-state index contributed by atoms with van der Waals surface area (Å²) in [4.78, 5) is 1.38. The van der Waals surface area contributed by atoms with E-state index in [0.29, 0.717) is 12.3 Å². The number of aryl methyl sites for hydroxylation is 1. The van der Waals surface area contributed by atoms with E-state index in [1.165, 1.54) is 6.26 Å². The molecule has 0 aliphatic heterocycles. The zero-order valence-electron chi connectivity index (χ0n) is 11.4. The molecule has 1 heterocycles. The van der Waals surface area contributed by atoms with Gasteiger partial charge in [-0.15, -0.1) is 11.3 Å². The SMILES string of the molecule is Cc1ccsc1C(CN)Oc1ccc(S(C)(=O)=O)cc1. The van der Waals surface area contributed by atoms with E-state index in [2.05, 4.69) is 0 Å². The average Bonchev–Trinajstić information content (AvgIpc) is 2.82. The predicted molar refractivity (Wildman–Crippen MR) is 81.0 cm³/mol. The molecule has 1 aromatic carbocycles. The molecule has 0 saturated heterocycles. The van der Waals surface area contributed by atoms with E-state index in [-0.39, 0.29) is 11.0 Å². The van der Waals surface area contributed by atoms with Gasteiger partial charge >= 0.3 is 0 Å². The van der Waals surface area contributed by atoms with Gasteiger partial charge in [-0.1, -0.05) is 0 Å². The van der Waals surface area contributed by atoms with Crippen LogP contribution in [0.15, 0.2) is 40.6 Å². The third-order valence-electron chi connectivity index (χ3n) is 2.94. The van der Waals surface area contributed by atoms with Crippen molar-refractivity contribution in [3.63, 3.8) is 0 Å². The first-order chi connectivity index (χ1) is 9.41. The van der Waals surface area contributed by atoms with Crippen LogP contribution in [0.5, 0.6) is 5.75 Å². The minimum absolute atomic E-state index is 0.209. The second kappa shape index (κ2) is 5.95. The van der Waals surface area contributed by atoms with Gasteiger partial charge in [0, 0.05) is 17.7 Å². The topological polar surface area (TPSA) is 69.4 Å². The Kier molecular flexibility index (Phi) is 4.47. The van der Waals surface area contributed by atoms with E-state index in [1.807, 2.05) is 18.4 Å². The van der Waals surface area contributed by atoms with Gasteiger partial charge in [-0.05, 0) is 48.2 Å².